The van der Waals surface area contributed by atoms with Gasteiger partial charge in [-0.2, -0.15) is 0 Å². The van der Waals surface area contributed by atoms with E-state index in [0.29, 0.717) is 10.6 Å². The Morgan fingerprint density at radius 1 is 1.61 bits per heavy atom. The fraction of sp³-hybridized carbons (Fsp3) is 0.455. The highest BCUT2D eigenvalue weighted by molar-refractivity contribution is 7.71. The zero-order valence-corrected chi connectivity index (χ0v) is 10.5. The number of nitrogens with two attached hydrogens (primary N) is 1. The van der Waals surface area contributed by atoms with E-state index in [1.54, 1.807) is 0 Å². The number of fused-ring (bicyclic) bond motifs is 1. The zero-order chi connectivity index (χ0) is 12.7. The van der Waals surface area contributed by atoms with Gasteiger partial charge in [0.1, 0.15) is 16.5 Å². The van der Waals surface area contributed by atoms with Crippen molar-refractivity contribution in [3.8, 4) is 0 Å². The molecule has 96 valence electrons. The summed E-state index contributed by atoms with van der Waals surface area (Å²) in [7, 11) is 0. The smallest absolute Gasteiger partial charge is 0.200 e. The van der Waals surface area contributed by atoms with Crippen molar-refractivity contribution in [2.45, 2.75) is 25.2 Å². The van der Waals surface area contributed by atoms with Gasteiger partial charge in [0.2, 0.25) is 0 Å². The molecule has 2 atom stereocenters. The first-order valence-corrected chi connectivity index (χ1v) is 6.22. The Hall–Kier alpha value is -1.44. The molecule has 1 aliphatic rings. The molecule has 0 amide bonds. The largest absolute Gasteiger partial charge is 0.394 e. The summed E-state index contributed by atoms with van der Waals surface area (Å²) in [6, 6.07) is 1.90. The van der Waals surface area contributed by atoms with Crippen molar-refractivity contribution in [3.63, 3.8) is 0 Å². The number of rotatable bonds is 2. The standard InChI is InChI=1S/C11H14N4O2S/c12-11-13-9-7(10(18)14-11)3-4-15(9)8-2-1-6(5-16)17-8/h3-4,6,8,16H,1-2,5H2,(H3,12,13,14,18)/t6-,8+/m0/s1. The summed E-state index contributed by atoms with van der Waals surface area (Å²) in [6.07, 6.45) is 3.43. The van der Waals surface area contributed by atoms with Gasteiger partial charge < -0.3 is 25.1 Å². The predicted octanol–water partition coefficient (Wildman–Crippen LogP) is 1.35. The number of hydrogen-bond donors (Lipinski definition) is 3. The lowest BCUT2D eigenvalue weighted by atomic mass is 10.2. The molecular weight excluding hydrogens is 252 g/mol. The van der Waals surface area contributed by atoms with Crippen LogP contribution in [0.2, 0.25) is 0 Å². The minimum absolute atomic E-state index is 0.0510. The Bertz CT molecular complexity index is 635. The summed E-state index contributed by atoms with van der Waals surface area (Å²) < 4.78 is 8.18. The van der Waals surface area contributed by atoms with Crippen LogP contribution in [0.25, 0.3) is 11.0 Å². The first kappa shape index (κ1) is 11.6. The summed E-state index contributed by atoms with van der Waals surface area (Å²) in [6.45, 7) is 0.0510. The quantitative estimate of drug-likeness (QED) is 0.714. The number of aromatic amines is 1. The maximum atomic E-state index is 9.09. The van der Waals surface area contributed by atoms with Crippen molar-refractivity contribution in [1.29, 1.82) is 0 Å². The molecule has 2 aromatic heterocycles. The molecule has 1 fully saturated rings. The molecule has 6 nitrogen and oxygen atoms in total. The topological polar surface area (TPSA) is 89.1 Å². The number of aliphatic hydroxyl groups is 1. The number of ether oxygens (including phenoxy) is 1. The average Bonchev–Trinajstić information content (AvgIpc) is 2.93. The van der Waals surface area contributed by atoms with Gasteiger partial charge in [-0.05, 0) is 18.9 Å². The molecule has 0 saturated carbocycles. The van der Waals surface area contributed by atoms with E-state index in [4.69, 9.17) is 27.8 Å². The third-order valence-electron chi connectivity index (χ3n) is 3.21. The van der Waals surface area contributed by atoms with E-state index in [1.807, 2.05) is 16.8 Å². The van der Waals surface area contributed by atoms with Crippen LogP contribution >= 0.6 is 12.2 Å². The first-order chi connectivity index (χ1) is 8.69. The molecule has 4 N–H and O–H groups in total. The van der Waals surface area contributed by atoms with Crippen molar-refractivity contribution in [3.05, 3.63) is 16.9 Å². The van der Waals surface area contributed by atoms with E-state index >= 15 is 0 Å². The molecule has 3 rings (SSSR count). The van der Waals surface area contributed by atoms with E-state index in [9.17, 15) is 0 Å². The van der Waals surface area contributed by atoms with Gasteiger partial charge in [0.25, 0.3) is 0 Å². The number of hydrogen-bond acceptors (Lipinski definition) is 5. The molecule has 0 spiro atoms. The van der Waals surface area contributed by atoms with Crippen molar-refractivity contribution >= 4 is 29.2 Å². The van der Waals surface area contributed by atoms with Crippen LogP contribution in [-0.2, 0) is 4.74 Å². The summed E-state index contributed by atoms with van der Waals surface area (Å²) in [5.74, 6) is 0.296. The van der Waals surface area contributed by atoms with Crippen molar-refractivity contribution in [1.82, 2.24) is 14.5 Å². The second kappa shape index (κ2) is 4.34. The maximum absolute atomic E-state index is 9.09. The molecule has 0 aromatic carbocycles. The maximum Gasteiger partial charge on any atom is 0.200 e. The van der Waals surface area contributed by atoms with Gasteiger partial charge in [0.15, 0.2) is 5.95 Å². The van der Waals surface area contributed by atoms with Gasteiger partial charge in [-0.3, -0.25) is 0 Å². The Kier molecular flexibility index (Phi) is 2.81. The Balaban J connectivity index is 2.05. The number of aromatic nitrogens is 3. The first-order valence-electron chi connectivity index (χ1n) is 5.81. The lowest BCUT2D eigenvalue weighted by Gasteiger charge is -2.15. The molecule has 2 aromatic rings. The minimum atomic E-state index is -0.0906. The zero-order valence-electron chi connectivity index (χ0n) is 9.67. The van der Waals surface area contributed by atoms with E-state index in [1.165, 1.54) is 0 Å². The second-order valence-corrected chi connectivity index (χ2v) is 4.77. The number of aliphatic hydroxyl groups excluding tert-OH is 1. The van der Waals surface area contributed by atoms with Crippen LogP contribution in [0.4, 0.5) is 5.95 Å². The fourth-order valence-electron chi connectivity index (χ4n) is 2.34. The normalized spacial score (nSPS) is 23.8. The number of nitrogens with zero attached hydrogens (tertiary/aromatic N) is 2. The van der Waals surface area contributed by atoms with Gasteiger partial charge in [0.05, 0.1) is 18.1 Å². The van der Waals surface area contributed by atoms with Gasteiger partial charge >= 0.3 is 0 Å². The number of H-pyrrole nitrogens is 1. The molecule has 18 heavy (non-hydrogen) atoms. The van der Waals surface area contributed by atoms with Crippen molar-refractivity contribution in [2.75, 3.05) is 12.3 Å². The molecule has 3 heterocycles. The highest BCUT2D eigenvalue weighted by Crippen LogP contribution is 2.31. The van der Waals surface area contributed by atoms with Gasteiger partial charge in [-0.1, -0.05) is 12.2 Å². The summed E-state index contributed by atoms with van der Waals surface area (Å²) in [5.41, 5.74) is 6.49. The molecule has 0 radical (unpaired) electrons. The second-order valence-electron chi connectivity index (χ2n) is 4.39. The fourth-order valence-corrected chi connectivity index (χ4v) is 2.60. The van der Waals surface area contributed by atoms with Gasteiger partial charge in [0, 0.05) is 6.20 Å². The molecule has 7 heteroatoms. The summed E-state index contributed by atoms with van der Waals surface area (Å²) >= 11 is 5.17. The van der Waals surface area contributed by atoms with Crippen LogP contribution in [0.3, 0.4) is 0 Å². The molecule has 0 unspecified atom stereocenters. The number of nitrogen functional groups attached to an aromatic ring is 1. The Morgan fingerprint density at radius 3 is 3.17 bits per heavy atom. The predicted molar refractivity (Wildman–Crippen MR) is 69.6 cm³/mol. The molecule has 0 aliphatic carbocycles. The molecule has 1 saturated heterocycles. The van der Waals surface area contributed by atoms with E-state index < -0.39 is 0 Å². The highest BCUT2D eigenvalue weighted by Gasteiger charge is 2.26. The van der Waals surface area contributed by atoms with Crippen LogP contribution in [-0.4, -0.2) is 32.4 Å². The van der Waals surface area contributed by atoms with Gasteiger partial charge in [-0.25, -0.2) is 4.98 Å². The lowest BCUT2D eigenvalue weighted by Crippen LogP contribution is -2.14. The number of nitrogens with one attached hydrogen (secondary N) is 1. The monoisotopic (exact) mass is 266 g/mol. The van der Waals surface area contributed by atoms with Crippen molar-refractivity contribution < 1.29 is 9.84 Å². The Labute approximate surface area is 108 Å². The lowest BCUT2D eigenvalue weighted by molar-refractivity contribution is -0.0204. The molecule has 0 bridgehead atoms. The molecule has 1 aliphatic heterocycles. The van der Waals surface area contributed by atoms with Crippen molar-refractivity contribution in [2.24, 2.45) is 0 Å². The van der Waals surface area contributed by atoms with E-state index in [2.05, 4.69) is 9.97 Å². The van der Waals surface area contributed by atoms with Crippen LogP contribution in [0.1, 0.15) is 19.1 Å². The SMILES string of the molecule is Nc1nc(=S)c2ccn([C@H]3CC[C@@H](CO)O3)c2[nH]1. The summed E-state index contributed by atoms with van der Waals surface area (Å²) in [5, 5.41) is 9.95. The van der Waals surface area contributed by atoms with Crippen LogP contribution in [0.5, 0.6) is 0 Å². The Morgan fingerprint density at radius 2 is 2.44 bits per heavy atom. The van der Waals surface area contributed by atoms with E-state index in [-0.39, 0.29) is 18.9 Å². The van der Waals surface area contributed by atoms with Crippen LogP contribution in [0, 0.1) is 4.64 Å². The van der Waals surface area contributed by atoms with Crippen LogP contribution < -0.4 is 5.73 Å². The molecular formula is C11H14N4O2S. The third kappa shape index (κ3) is 1.80. The van der Waals surface area contributed by atoms with Gasteiger partial charge in [-0.15, -0.1) is 0 Å². The summed E-state index contributed by atoms with van der Waals surface area (Å²) in [4.78, 5) is 7.03. The minimum Gasteiger partial charge on any atom is -0.394 e. The van der Waals surface area contributed by atoms with E-state index in [0.717, 1.165) is 23.9 Å². The third-order valence-corrected chi connectivity index (χ3v) is 3.52. The van der Waals surface area contributed by atoms with Crippen LogP contribution in [0.15, 0.2) is 12.3 Å². The number of anilines is 1. The average molecular weight is 266 g/mol. The highest BCUT2D eigenvalue weighted by atomic mass is 32.1.